The number of nitrogens with one attached hydrogen (secondary N) is 1. The number of aromatic nitrogens is 3. The Hall–Kier alpha value is -2.56. The first-order chi connectivity index (χ1) is 18.7. The van der Waals surface area contributed by atoms with Gasteiger partial charge in [0.05, 0.1) is 17.9 Å². The van der Waals surface area contributed by atoms with E-state index in [1.54, 1.807) is 6.92 Å². The zero-order valence-electron chi connectivity index (χ0n) is 23.1. The quantitative estimate of drug-likeness (QED) is 0.155. The first kappa shape index (κ1) is 29.4. The van der Waals surface area contributed by atoms with Crippen LogP contribution < -0.4 is 10.1 Å². The minimum atomic E-state index is -0.365. The first-order valence-corrected chi connectivity index (χ1v) is 15.5. The summed E-state index contributed by atoms with van der Waals surface area (Å²) in [5.41, 5.74) is 3.46. The van der Waals surface area contributed by atoms with E-state index in [9.17, 15) is 9.59 Å². The highest BCUT2D eigenvalue weighted by atomic mass is 35.5. The summed E-state index contributed by atoms with van der Waals surface area (Å²) in [6.45, 7) is 10.5. The molecule has 210 valence electrons. The zero-order chi connectivity index (χ0) is 28.1. The third kappa shape index (κ3) is 6.78. The molecule has 0 radical (unpaired) electrons. The summed E-state index contributed by atoms with van der Waals surface area (Å²) in [4.78, 5) is 27.0. The number of anilines is 1. The van der Waals surface area contributed by atoms with Crippen LogP contribution in [0.25, 0.3) is 0 Å². The molecule has 0 bridgehead atoms. The lowest BCUT2D eigenvalue weighted by atomic mass is 10.1. The molecule has 2 heterocycles. The van der Waals surface area contributed by atoms with Crippen molar-refractivity contribution < 1.29 is 19.1 Å². The smallest absolute Gasteiger partial charge is 0.341 e. The summed E-state index contributed by atoms with van der Waals surface area (Å²) in [6, 6.07) is 3.82. The largest absolute Gasteiger partial charge is 0.483 e. The number of carbonyl (C=O) groups excluding carboxylic acids is 2. The number of hydrogen-bond acceptors (Lipinski definition) is 8. The molecule has 1 aliphatic rings. The van der Waals surface area contributed by atoms with E-state index in [1.807, 2.05) is 44.4 Å². The van der Waals surface area contributed by atoms with Crippen molar-refractivity contribution in [2.24, 2.45) is 0 Å². The van der Waals surface area contributed by atoms with Gasteiger partial charge in [-0.2, -0.15) is 0 Å². The fourth-order valence-electron chi connectivity index (χ4n) is 4.78. The molecule has 11 heteroatoms. The van der Waals surface area contributed by atoms with Gasteiger partial charge in [-0.15, -0.1) is 21.5 Å². The number of nitrogens with zero attached hydrogens (tertiary/aromatic N) is 3. The molecule has 8 nitrogen and oxygen atoms in total. The Kier molecular flexibility index (Phi) is 9.96. The van der Waals surface area contributed by atoms with Crippen molar-refractivity contribution in [3.63, 3.8) is 0 Å². The van der Waals surface area contributed by atoms with Crippen LogP contribution in [0.3, 0.4) is 0 Å². The molecule has 39 heavy (non-hydrogen) atoms. The Bertz CT molecular complexity index is 1330. The number of esters is 1. The second-order valence-electron chi connectivity index (χ2n) is 9.54. The Morgan fingerprint density at radius 3 is 2.56 bits per heavy atom. The van der Waals surface area contributed by atoms with Crippen LogP contribution in [0.1, 0.15) is 83.9 Å². The Balaban J connectivity index is 1.45. The molecule has 1 N–H and O–H groups in total. The number of carbonyl (C=O) groups is 2. The van der Waals surface area contributed by atoms with Crippen molar-refractivity contribution in [3.05, 3.63) is 50.1 Å². The van der Waals surface area contributed by atoms with E-state index >= 15 is 0 Å². The highest BCUT2D eigenvalue weighted by Gasteiger charge is 2.27. The summed E-state index contributed by atoms with van der Waals surface area (Å²) in [6.07, 6.45) is 4.68. The fraction of sp³-hybridized carbons (Fsp3) is 0.500. The Morgan fingerprint density at radius 1 is 1.15 bits per heavy atom. The van der Waals surface area contributed by atoms with Crippen molar-refractivity contribution in [3.8, 4) is 5.75 Å². The van der Waals surface area contributed by atoms with Crippen molar-refractivity contribution in [2.45, 2.75) is 84.5 Å². The molecule has 1 amide bonds. The van der Waals surface area contributed by atoms with Crippen LogP contribution in [0.4, 0.5) is 5.00 Å². The first-order valence-electron chi connectivity index (χ1n) is 13.3. The zero-order valence-corrected chi connectivity index (χ0v) is 25.4. The van der Waals surface area contributed by atoms with Gasteiger partial charge < -0.3 is 19.4 Å². The predicted molar refractivity (Wildman–Crippen MR) is 157 cm³/mol. The van der Waals surface area contributed by atoms with E-state index in [2.05, 4.69) is 15.5 Å². The number of fused-ring (bicyclic) bond motifs is 1. The third-order valence-corrected chi connectivity index (χ3v) is 9.40. The molecule has 1 aromatic carbocycles. The van der Waals surface area contributed by atoms with Gasteiger partial charge in [0.25, 0.3) is 0 Å². The standard InChI is InChI=1S/C28H35ClN4O4S2/c1-6-33-25(18(5)37-19-13-16(3)24(29)17(4)14-19)31-32-28(33)38-15-22(34)30-26-23(27(35)36-7-2)20-11-9-8-10-12-21(20)39-26/h13-14,18H,6-12,15H2,1-5H3,(H,30,34). The summed E-state index contributed by atoms with van der Waals surface area (Å²) >= 11 is 9.10. The van der Waals surface area contributed by atoms with Gasteiger partial charge in [-0.1, -0.05) is 29.8 Å². The van der Waals surface area contributed by atoms with E-state index in [-0.39, 0.29) is 23.7 Å². The van der Waals surface area contributed by atoms with E-state index in [0.717, 1.165) is 53.8 Å². The number of rotatable bonds is 10. The lowest BCUT2D eigenvalue weighted by molar-refractivity contribution is -0.113. The molecule has 1 atom stereocenters. The van der Waals surface area contributed by atoms with Crippen LogP contribution in [0.2, 0.25) is 5.02 Å². The lowest BCUT2D eigenvalue weighted by Gasteiger charge is -2.17. The van der Waals surface area contributed by atoms with Crippen molar-refractivity contribution in [1.29, 1.82) is 0 Å². The normalized spacial score (nSPS) is 13.9. The molecule has 0 spiro atoms. The molecule has 3 aromatic rings. The molecule has 4 rings (SSSR count). The highest BCUT2D eigenvalue weighted by molar-refractivity contribution is 7.99. The molecule has 0 aliphatic heterocycles. The van der Waals surface area contributed by atoms with Gasteiger partial charge in [-0.25, -0.2) is 4.79 Å². The number of thiophene rings is 1. The monoisotopic (exact) mass is 590 g/mol. The molecular formula is C28H35ClN4O4S2. The predicted octanol–water partition coefficient (Wildman–Crippen LogP) is 6.95. The van der Waals surface area contributed by atoms with Crippen LogP contribution >= 0.6 is 34.7 Å². The number of amides is 1. The number of thioether (sulfide) groups is 1. The minimum Gasteiger partial charge on any atom is -0.483 e. The average Bonchev–Trinajstić information content (AvgIpc) is 3.38. The fourth-order valence-corrected chi connectivity index (χ4v) is 6.99. The van der Waals surface area contributed by atoms with Crippen LogP contribution in [0.5, 0.6) is 5.75 Å². The van der Waals surface area contributed by atoms with Crippen LogP contribution in [-0.4, -0.2) is 39.0 Å². The minimum absolute atomic E-state index is 0.133. The van der Waals surface area contributed by atoms with Gasteiger partial charge in [-0.05, 0) is 89.1 Å². The number of aryl methyl sites for hydroxylation is 3. The van der Waals surface area contributed by atoms with E-state index in [4.69, 9.17) is 21.1 Å². The second kappa shape index (κ2) is 13.2. The van der Waals surface area contributed by atoms with Gasteiger partial charge in [0.1, 0.15) is 10.8 Å². The van der Waals surface area contributed by atoms with Gasteiger partial charge in [0.15, 0.2) is 17.1 Å². The number of ether oxygens (including phenoxy) is 2. The number of benzene rings is 1. The van der Waals surface area contributed by atoms with Crippen LogP contribution in [0.15, 0.2) is 17.3 Å². The van der Waals surface area contributed by atoms with Crippen molar-refractivity contribution >= 4 is 51.6 Å². The molecule has 0 saturated heterocycles. The second-order valence-corrected chi connectivity index (χ2v) is 12.0. The molecule has 1 unspecified atom stereocenters. The van der Waals surface area contributed by atoms with Gasteiger partial charge in [0.2, 0.25) is 5.91 Å². The summed E-state index contributed by atoms with van der Waals surface area (Å²) in [7, 11) is 0. The van der Waals surface area contributed by atoms with E-state index < -0.39 is 0 Å². The van der Waals surface area contributed by atoms with Crippen LogP contribution in [-0.2, 0) is 28.9 Å². The molecule has 1 aliphatic carbocycles. The Labute approximate surface area is 242 Å². The lowest BCUT2D eigenvalue weighted by Crippen LogP contribution is -2.17. The van der Waals surface area contributed by atoms with Crippen molar-refractivity contribution in [1.82, 2.24) is 14.8 Å². The van der Waals surface area contributed by atoms with Crippen molar-refractivity contribution in [2.75, 3.05) is 17.7 Å². The van der Waals surface area contributed by atoms with Gasteiger partial charge >= 0.3 is 5.97 Å². The van der Waals surface area contributed by atoms with E-state index in [1.165, 1.54) is 28.0 Å². The maximum Gasteiger partial charge on any atom is 0.341 e. The number of hydrogen-bond donors (Lipinski definition) is 1. The maximum absolute atomic E-state index is 13.0. The Morgan fingerprint density at radius 2 is 1.87 bits per heavy atom. The maximum atomic E-state index is 13.0. The number of halogens is 1. The third-order valence-electron chi connectivity index (χ3n) is 6.63. The molecule has 0 fully saturated rings. The van der Waals surface area contributed by atoms with Crippen LogP contribution in [0, 0.1) is 13.8 Å². The SMILES string of the molecule is CCOC(=O)c1c(NC(=O)CSc2nnc(C(C)Oc3cc(C)c(Cl)c(C)c3)n2CC)sc2c1CCCCC2. The molecule has 2 aromatic heterocycles. The highest BCUT2D eigenvalue weighted by Crippen LogP contribution is 2.38. The van der Waals surface area contributed by atoms with Gasteiger partial charge in [-0.3, -0.25) is 4.79 Å². The summed E-state index contributed by atoms with van der Waals surface area (Å²) in [5.74, 6) is 0.958. The average molecular weight is 591 g/mol. The topological polar surface area (TPSA) is 95.3 Å². The molecular weight excluding hydrogens is 556 g/mol. The summed E-state index contributed by atoms with van der Waals surface area (Å²) < 4.78 is 13.5. The van der Waals surface area contributed by atoms with Gasteiger partial charge in [0, 0.05) is 16.4 Å². The summed E-state index contributed by atoms with van der Waals surface area (Å²) in [5, 5.41) is 13.6. The molecule has 0 saturated carbocycles. The van der Waals surface area contributed by atoms with E-state index in [0.29, 0.717) is 40.4 Å².